The van der Waals surface area contributed by atoms with Crippen molar-refractivity contribution >= 4 is 23.3 Å². The molecule has 0 radical (unpaired) electrons. The van der Waals surface area contributed by atoms with Crippen LogP contribution in [0.4, 0.5) is 11.4 Å². The Balaban J connectivity index is 1.47. The van der Waals surface area contributed by atoms with Crippen molar-refractivity contribution in [3.8, 4) is 0 Å². The molecular weight excluding hydrogens is 390 g/mol. The summed E-state index contributed by atoms with van der Waals surface area (Å²) in [5, 5.41) is 13.5. The number of nitrogens with one attached hydrogen (secondary N) is 1. The molecule has 2 aromatic rings. The number of hydrogen-bond donors (Lipinski definition) is 1. The summed E-state index contributed by atoms with van der Waals surface area (Å²) in [6, 6.07) is 11.4. The van der Waals surface area contributed by atoms with Gasteiger partial charge in [0, 0.05) is 37.0 Å². The first-order valence-electron chi connectivity index (χ1n) is 9.53. The monoisotopic (exact) mass is 413 g/mol. The van der Waals surface area contributed by atoms with Crippen molar-refractivity contribution in [2.45, 2.75) is 13.5 Å². The fourth-order valence-electron chi connectivity index (χ4n) is 3.11. The third-order valence-electron chi connectivity index (χ3n) is 4.71. The number of morpholine rings is 1. The molecule has 0 aliphatic carbocycles. The van der Waals surface area contributed by atoms with E-state index in [9.17, 15) is 19.7 Å². The molecular formula is C21H23N3O6. The van der Waals surface area contributed by atoms with Gasteiger partial charge in [0.1, 0.15) is 0 Å². The molecule has 3 rings (SSSR count). The molecule has 0 spiro atoms. The summed E-state index contributed by atoms with van der Waals surface area (Å²) < 4.78 is 10.3. The second-order valence-electron chi connectivity index (χ2n) is 6.97. The minimum atomic E-state index is -0.719. The highest BCUT2D eigenvalue weighted by Gasteiger charge is 2.16. The molecule has 2 aromatic carbocycles. The maximum atomic E-state index is 12.1. The quantitative estimate of drug-likeness (QED) is 0.422. The van der Waals surface area contributed by atoms with Crippen molar-refractivity contribution in [1.29, 1.82) is 0 Å². The van der Waals surface area contributed by atoms with Crippen molar-refractivity contribution in [2.75, 3.05) is 38.2 Å². The van der Waals surface area contributed by atoms with Crippen molar-refractivity contribution in [3.05, 3.63) is 69.3 Å². The molecule has 1 aliphatic heterocycles. The lowest BCUT2D eigenvalue weighted by Crippen LogP contribution is -2.35. The van der Waals surface area contributed by atoms with Crippen LogP contribution < -0.4 is 5.32 Å². The number of nitro benzene ring substituents is 1. The fourth-order valence-corrected chi connectivity index (χ4v) is 3.11. The number of carbonyl (C=O) groups is 2. The van der Waals surface area contributed by atoms with Crippen molar-refractivity contribution < 1.29 is 24.0 Å². The van der Waals surface area contributed by atoms with E-state index in [1.165, 1.54) is 25.1 Å². The molecule has 0 atom stereocenters. The van der Waals surface area contributed by atoms with Gasteiger partial charge in [0.05, 0.1) is 23.7 Å². The standard InChI is InChI=1S/C21H23N3O6/c1-15-12-17(4-7-19(15)24(27)28)21(26)30-14-20(25)22-18-5-2-16(3-6-18)13-23-8-10-29-11-9-23/h2-7,12H,8-11,13-14H2,1H3,(H,22,25). The number of hydrogen-bond acceptors (Lipinski definition) is 7. The van der Waals surface area contributed by atoms with Crippen molar-refractivity contribution in [2.24, 2.45) is 0 Å². The van der Waals surface area contributed by atoms with Gasteiger partial charge in [-0.05, 0) is 36.8 Å². The van der Waals surface area contributed by atoms with Gasteiger partial charge in [-0.1, -0.05) is 12.1 Å². The summed E-state index contributed by atoms with van der Waals surface area (Å²) >= 11 is 0. The number of anilines is 1. The van der Waals surface area contributed by atoms with Crippen LogP contribution in [-0.2, 0) is 20.8 Å². The first-order chi connectivity index (χ1) is 14.4. The Kier molecular flexibility index (Phi) is 7.10. The minimum absolute atomic E-state index is 0.0821. The zero-order valence-electron chi connectivity index (χ0n) is 16.6. The molecule has 1 aliphatic rings. The molecule has 1 heterocycles. The van der Waals surface area contributed by atoms with E-state index in [0.717, 1.165) is 38.4 Å². The predicted octanol–water partition coefficient (Wildman–Crippen LogP) is 2.53. The number of nitro groups is 1. The van der Waals surface area contributed by atoms with Gasteiger partial charge in [0.2, 0.25) is 0 Å². The summed E-state index contributed by atoms with van der Waals surface area (Å²) in [5.41, 5.74) is 2.15. The number of aryl methyl sites for hydroxylation is 1. The maximum absolute atomic E-state index is 12.1. The Morgan fingerprint density at radius 2 is 1.87 bits per heavy atom. The number of benzene rings is 2. The number of amides is 1. The summed E-state index contributed by atoms with van der Waals surface area (Å²) in [4.78, 5) is 36.8. The summed E-state index contributed by atoms with van der Waals surface area (Å²) in [6.07, 6.45) is 0. The van der Waals surface area contributed by atoms with E-state index in [1.807, 2.05) is 12.1 Å². The van der Waals surface area contributed by atoms with Gasteiger partial charge in [0.25, 0.3) is 11.6 Å². The highest BCUT2D eigenvalue weighted by Crippen LogP contribution is 2.19. The molecule has 9 heteroatoms. The SMILES string of the molecule is Cc1cc(C(=O)OCC(=O)Nc2ccc(CN3CCOCC3)cc2)ccc1[N+](=O)[O-]. The third-order valence-corrected chi connectivity index (χ3v) is 4.71. The number of carbonyl (C=O) groups excluding carboxylic acids is 2. The maximum Gasteiger partial charge on any atom is 0.338 e. The first-order valence-corrected chi connectivity index (χ1v) is 9.53. The van der Waals surface area contributed by atoms with E-state index in [-0.39, 0.29) is 11.3 Å². The van der Waals surface area contributed by atoms with E-state index in [0.29, 0.717) is 11.3 Å². The molecule has 158 valence electrons. The second-order valence-corrected chi connectivity index (χ2v) is 6.97. The fraction of sp³-hybridized carbons (Fsp3) is 0.333. The van der Waals surface area contributed by atoms with Crippen LogP contribution in [0.1, 0.15) is 21.5 Å². The number of rotatable bonds is 7. The topological polar surface area (TPSA) is 111 Å². The van der Waals surface area contributed by atoms with E-state index < -0.39 is 23.4 Å². The second kappa shape index (κ2) is 9.95. The smallest absolute Gasteiger partial charge is 0.338 e. The van der Waals surface area contributed by atoms with Crippen molar-refractivity contribution in [3.63, 3.8) is 0 Å². The minimum Gasteiger partial charge on any atom is -0.452 e. The molecule has 1 fully saturated rings. The van der Waals surface area contributed by atoms with Crippen LogP contribution in [-0.4, -0.2) is 54.6 Å². The van der Waals surface area contributed by atoms with Crippen LogP contribution in [0, 0.1) is 17.0 Å². The van der Waals surface area contributed by atoms with Gasteiger partial charge in [-0.25, -0.2) is 4.79 Å². The molecule has 0 saturated carbocycles. The van der Waals surface area contributed by atoms with Crippen molar-refractivity contribution in [1.82, 2.24) is 4.90 Å². The van der Waals surface area contributed by atoms with E-state index >= 15 is 0 Å². The molecule has 1 N–H and O–H groups in total. The summed E-state index contributed by atoms with van der Waals surface area (Å²) in [6.45, 7) is 5.19. The predicted molar refractivity (Wildman–Crippen MR) is 109 cm³/mol. The van der Waals surface area contributed by atoms with E-state index in [4.69, 9.17) is 9.47 Å². The molecule has 0 unspecified atom stereocenters. The van der Waals surface area contributed by atoms with E-state index in [1.54, 1.807) is 12.1 Å². The summed E-state index contributed by atoms with van der Waals surface area (Å²) in [7, 11) is 0. The van der Waals surface area contributed by atoms with Gasteiger partial charge in [0.15, 0.2) is 6.61 Å². The zero-order chi connectivity index (χ0) is 21.5. The molecule has 9 nitrogen and oxygen atoms in total. The lowest BCUT2D eigenvalue weighted by Gasteiger charge is -2.26. The van der Waals surface area contributed by atoms with E-state index in [2.05, 4.69) is 10.2 Å². The highest BCUT2D eigenvalue weighted by molar-refractivity contribution is 5.95. The Bertz CT molecular complexity index is 923. The Morgan fingerprint density at radius 1 is 1.17 bits per heavy atom. The number of esters is 1. The van der Waals surface area contributed by atoms with Crippen LogP contribution in [0.25, 0.3) is 0 Å². The van der Waals surface area contributed by atoms with Gasteiger partial charge < -0.3 is 14.8 Å². The largest absolute Gasteiger partial charge is 0.452 e. The van der Waals surface area contributed by atoms with Gasteiger partial charge in [-0.3, -0.25) is 19.8 Å². The van der Waals surface area contributed by atoms with Gasteiger partial charge >= 0.3 is 5.97 Å². The van der Waals surface area contributed by atoms with Crippen LogP contribution in [0.2, 0.25) is 0 Å². The van der Waals surface area contributed by atoms with Crippen LogP contribution in [0.15, 0.2) is 42.5 Å². The molecule has 0 bridgehead atoms. The first kappa shape index (κ1) is 21.4. The van der Waals surface area contributed by atoms with Gasteiger partial charge in [-0.15, -0.1) is 0 Å². The summed E-state index contributed by atoms with van der Waals surface area (Å²) in [5.74, 6) is -1.19. The lowest BCUT2D eigenvalue weighted by atomic mass is 10.1. The third kappa shape index (κ3) is 5.85. The molecule has 1 amide bonds. The lowest BCUT2D eigenvalue weighted by molar-refractivity contribution is -0.385. The van der Waals surface area contributed by atoms with Crippen LogP contribution in [0.3, 0.4) is 0 Å². The van der Waals surface area contributed by atoms with Crippen LogP contribution in [0.5, 0.6) is 0 Å². The average molecular weight is 413 g/mol. The highest BCUT2D eigenvalue weighted by atomic mass is 16.6. The van der Waals surface area contributed by atoms with Crippen LogP contribution >= 0.6 is 0 Å². The average Bonchev–Trinajstić information content (AvgIpc) is 2.74. The van der Waals surface area contributed by atoms with Gasteiger partial charge in [-0.2, -0.15) is 0 Å². The number of nitrogens with zero attached hydrogens (tertiary/aromatic N) is 2. The number of ether oxygens (including phenoxy) is 2. The normalized spacial score (nSPS) is 14.2. The Hall–Kier alpha value is -3.30. The Labute approximate surface area is 173 Å². The Morgan fingerprint density at radius 3 is 2.50 bits per heavy atom. The zero-order valence-corrected chi connectivity index (χ0v) is 16.6. The molecule has 0 aromatic heterocycles. The molecule has 1 saturated heterocycles. The molecule has 30 heavy (non-hydrogen) atoms.